The zero-order valence-corrected chi connectivity index (χ0v) is 24.3. The largest absolute Gasteiger partial charge is 0.294 e. The second-order valence-electron chi connectivity index (χ2n) is 15.4. The number of fused-ring (bicyclic) bond motifs is 6. The van der Waals surface area contributed by atoms with E-state index in [-0.39, 0.29) is 0 Å². The molecule has 11 atom stereocenters. The van der Waals surface area contributed by atoms with Crippen molar-refractivity contribution in [2.45, 2.75) is 165 Å². The van der Waals surface area contributed by atoms with Crippen LogP contribution in [0.25, 0.3) is 0 Å². The predicted molar refractivity (Wildman–Crippen MR) is 158 cm³/mol. The van der Waals surface area contributed by atoms with E-state index >= 15 is 0 Å². The van der Waals surface area contributed by atoms with Crippen molar-refractivity contribution in [1.29, 1.82) is 0 Å². The lowest BCUT2D eigenvalue weighted by Crippen LogP contribution is -2.48. The molecule has 2 heteroatoms. The van der Waals surface area contributed by atoms with Crippen molar-refractivity contribution in [3.05, 3.63) is 24.3 Å². The second-order valence-corrected chi connectivity index (χ2v) is 15.4. The maximum Gasteiger partial charge on any atom is 0.0284 e. The van der Waals surface area contributed by atoms with Gasteiger partial charge >= 0.3 is 0 Å². The van der Waals surface area contributed by atoms with Gasteiger partial charge in [-0.1, -0.05) is 56.4 Å². The van der Waals surface area contributed by atoms with Crippen LogP contribution in [-0.4, -0.2) is 46.1 Å². The fourth-order valence-corrected chi connectivity index (χ4v) is 12.5. The first-order chi connectivity index (χ1) is 18.9. The van der Waals surface area contributed by atoms with Crippen molar-refractivity contribution in [3.63, 3.8) is 0 Å². The van der Waals surface area contributed by atoms with E-state index in [0.717, 1.165) is 71.8 Å². The molecule has 0 aromatic rings. The molecule has 6 fully saturated rings. The fraction of sp³-hybridized carbons (Fsp3) is 0.889. The molecule has 0 amide bonds. The molecule has 0 aromatic heterocycles. The Morgan fingerprint density at radius 2 is 1.16 bits per heavy atom. The zero-order chi connectivity index (χ0) is 25.1. The Labute approximate surface area is 234 Å². The smallest absolute Gasteiger partial charge is 0.0284 e. The third kappa shape index (κ3) is 4.24. The maximum atomic E-state index is 3.18. The summed E-state index contributed by atoms with van der Waals surface area (Å²) < 4.78 is 0. The molecule has 2 heterocycles. The van der Waals surface area contributed by atoms with E-state index < -0.39 is 0 Å². The molecule has 2 aliphatic heterocycles. The minimum Gasteiger partial charge on any atom is -0.294 e. The summed E-state index contributed by atoms with van der Waals surface area (Å²) in [5, 5.41) is 0. The third-order valence-electron chi connectivity index (χ3n) is 13.9. The molecule has 2 nitrogen and oxygen atoms in total. The molecule has 0 aromatic carbocycles. The van der Waals surface area contributed by atoms with E-state index in [1.807, 2.05) is 0 Å². The summed E-state index contributed by atoms with van der Waals surface area (Å²) in [5.41, 5.74) is 0. The highest BCUT2D eigenvalue weighted by molar-refractivity contribution is 5.15. The van der Waals surface area contributed by atoms with E-state index in [2.05, 4.69) is 34.1 Å². The summed E-state index contributed by atoms with van der Waals surface area (Å²) in [4.78, 5) is 6.33. The van der Waals surface area contributed by atoms with Crippen LogP contribution in [0, 0.1) is 35.5 Å². The van der Waals surface area contributed by atoms with E-state index in [0.29, 0.717) is 0 Å². The lowest BCUT2D eigenvalue weighted by Gasteiger charge is -2.46. The summed E-state index contributed by atoms with van der Waals surface area (Å²) >= 11 is 0. The van der Waals surface area contributed by atoms with Crippen LogP contribution in [0.5, 0.6) is 0 Å². The Morgan fingerprint density at radius 3 is 1.97 bits per heavy atom. The van der Waals surface area contributed by atoms with Crippen LogP contribution in [0.1, 0.15) is 128 Å². The van der Waals surface area contributed by atoms with Crippen molar-refractivity contribution >= 4 is 0 Å². The van der Waals surface area contributed by atoms with Crippen LogP contribution >= 0.6 is 0 Å². The van der Waals surface area contributed by atoms with Crippen molar-refractivity contribution < 1.29 is 0 Å². The molecule has 2 saturated heterocycles. The Balaban J connectivity index is 0.994. The van der Waals surface area contributed by atoms with E-state index in [1.165, 1.54) is 96.3 Å². The van der Waals surface area contributed by atoms with Gasteiger partial charge in [-0.05, 0) is 132 Å². The molecule has 0 radical (unpaired) electrons. The number of rotatable bonds is 3. The first kappa shape index (κ1) is 25.1. The summed E-state index contributed by atoms with van der Waals surface area (Å²) in [5.74, 6) is 5.99. The molecule has 0 bridgehead atoms. The minimum atomic E-state index is 0.774. The number of allylic oxidation sites excluding steroid dienone is 2. The Morgan fingerprint density at radius 1 is 0.447 bits per heavy atom. The molecule has 6 aliphatic carbocycles. The van der Waals surface area contributed by atoms with Crippen LogP contribution < -0.4 is 0 Å². The average Bonchev–Trinajstić information content (AvgIpc) is 3.50. The average molecular weight is 517 g/mol. The van der Waals surface area contributed by atoms with Gasteiger partial charge in [-0.3, -0.25) is 9.80 Å². The van der Waals surface area contributed by atoms with E-state index in [9.17, 15) is 0 Å². The first-order valence-corrected chi connectivity index (χ1v) is 17.7. The highest BCUT2D eigenvalue weighted by atomic mass is 15.3. The van der Waals surface area contributed by atoms with Crippen molar-refractivity contribution in [2.75, 3.05) is 0 Å². The van der Waals surface area contributed by atoms with Gasteiger partial charge in [0.05, 0.1) is 0 Å². The van der Waals surface area contributed by atoms with Crippen molar-refractivity contribution in [2.24, 2.45) is 35.5 Å². The molecule has 210 valence electrons. The zero-order valence-electron chi connectivity index (χ0n) is 24.3. The highest BCUT2D eigenvalue weighted by Gasteiger charge is 2.56. The van der Waals surface area contributed by atoms with Gasteiger partial charge in [0.25, 0.3) is 0 Å². The molecule has 11 unspecified atom stereocenters. The van der Waals surface area contributed by atoms with Gasteiger partial charge in [-0.2, -0.15) is 0 Å². The molecular weight excluding hydrogens is 460 g/mol. The summed E-state index contributed by atoms with van der Waals surface area (Å²) in [6.45, 7) is 0. The van der Waals surface area contributed by atoms with Gasteiger partial charge < -0.3 is 0 Å². The molecule has 0 N–H and O–H groups in total. The Bertz CT molecular complexity index is 886. The number of hydrogen-bond donors (Lipinski definition) is 0. The van der Waals surface area contributed by atoms with Crippen LogP contribution in [0.2, 0.25) is 0 Å². The van der Waals surface area contributed by atoms with Crippen LogP contribution in [0.15, 0.2) is 24.3 Å². The third-order valence-corrected chi connectivity index (χ3v) is 13.9. The maximum absolute atomic E-state index is 3.18. The normalized spacial score (nSPS) is 49.8. The Kier molecular flexibility index (Phi) is 7.05. The second kappa shape index (κ2) is 10.7. The summed E-state index contributed by atoms with van der Waals surface area (Å²) in [7, 11) is 0. The minimum absolute atomic E-state index is 0.774. The standard InChI is InChI=1S/C36H56N2/c1-3-11-27(12-4-1)37-33-17-9-7-15-29(33)31-23-25(19-21-35(31)37)26-20-22-36-32(24-26)30-16-8-10-18-34(30)38(36)28-13-5-2-6-14-28/h3,8,11,16,25-36H,1-2,4-7,9-10,12-15,17-24H2. The van der Waals surface area contributed by atoms with Gasteiger partial charge in [0, 0.05) is 36.3 Å². The van der Waals surface area contributed by atoms with Crippen LogP contribution in [0.4, 0.5) is 0 Å². The number of nitrogens with zero attached hydrogens (tertiary/aromatic N) is 2. The molecule has 0 spiro atoms. The topological polar surface area (TPSA) is 6.48 Å². The van der Waals surface area contributed by atoms with Gasteiger partial charge in [0.15, 0.2) is 0 Å². The van der Waals surface area contributed by atoms with Crippen molar-refractivity contribution in [3.8, 4) is 0 Å². The SMILES string of the molecule is C1=CC(N2C3CCCCC3C3CC(C4CCC5C(C4)C4C=CCCC4N5C4CCCCC4)CCC32)CCC1. The van der Waals surface area contributed by atoms with Gasteiger partial charge in [-0.25, -0.2) is 0 Å². The number of likely N-dealkylation sites (tertiary alicyclic amines) is 2. The Hall–Kier alpha value is -0.600. The molecule has 38 heavy (non-hydrogen) atoms. The highest BCUT2D eigenvalue weighted by Crippen LogP contribution is 2.57. The summed E-state index contributed by atoms with van der Waals surface area (Å²) in [6.07, 6.45) is 40.3. The monoisotopic (exact) mass is 516 g/mol. The van der Waals surface area contributed by atoms with E-state index in [4.69, 9.17) is 0 Å². The van der Waals surface area contributed by atoms with Gasteiger partial charge in [-0.15, -0.1) is 0 Å². The van der Waals surface area contributed by atoms with Gasteiger partial charge in [0.1, 0.15) is 0 Å². The predicted octanol–water partition coefficient (Wildman–Crippen LogP) is 8.52. The number of hydrogen-bond acceptors (Lipinski definition) is 2. The fourth-order valence-electron chi connectivity index (χ4n) is 12.5. The van der Waals surface area contributed by atoms with Gasteiger partial charge in [0.2, 0.25) is 0 Å². The molecule has 8 rings (SSSR count). The van der Waals surface area contributed by atoms with Crippen molar-refractivity contribution in [1.82, 2.24) is 9.80 Å². The lowest BCUT2D eigenvalue weighted by atomic mass is 9.62. The quantitative estimate of drug-likeness (QED) is 0.347. The van der Waals surface area contributed by atoms with Crippen LogP contribution in [-0.2, 0) is 0 Å². The molecule has 8 aliphatic rings. The van der Waals surface area contributed by atoms with E-state index in [1.54, 1.807) is 32.1 Å². The first-order valence-electron chi connectivity index (χ1n) is 17.7. The lowest BCUT2D eigenvalue weighted by molar-refractivity contribution is 0.0378. The van der Waals surface area contributed by atoms with Crippen LogP contribution in [0.3, 0.4) is 0 Å². The molecular formula is C36H56N2. The summed E-state index contributed by atoms with van der Waals surface area (Å²) in [6, 6.07) is 5.35. The molecule has 4 saturated carbocycles.